The van der Waals surface area contributed by atoms with Crippen molar-refractivity contribution in [1.29, 1.82) is 0 Å². The van der Waals surface area contributed by atoms with Gasteiger partial charge in [0.15, 0.2) is 0 Å². The minimum Gasteiger partial charge on any atom is -0.550 e. The van der Waals surface area contributed by atoms with E-state index in [0.717, 1.165) is 6.42 Å². The lowest BCUT2D eigenvalue weighted by molar-refractivity contribution is -0.305. The molecule has 1 aliphatic carbocycles. The molecule has 0 aliphatic heterocycles. The van der Waals surface area contributed by atoms with E-state index < -0.39 is 24.3 Å². The summed E-state index contributed by atoms with van der Waals surface area (Å²) in [5.41, 5.74) is 1.21. The Kier molecular flexibility index (Phi) is 9.68. The van der Waals surface area contributed by atoms with E-state index in [-0.39, 0.29) is 18.3 Å². The van der Waals surface area contributed by atoms with Crippen molar-refractivity contribution in [2.45, 2.75) is 76.1 Å². The number of hydrogen-bond donors (Lipinski definition) is 3. The van der Waals surface area contributed by atoms with Gasteiger partial charge in [-0.15, -0.1) is 0 Å². The van der Waals surface area contributed by atoms with E-state index in [1.54, 1.807) is 0 Å². The van der Waals surface area contributed by atoms with Crippen molar-refractivity contribution in [1.82, 2.24) is 0 Å². The predicted molar refractivity (Wildman–Crippen MR) is 106 cm³/mol. The van der Waals surface area contributed by atoms with Gasteiger partial charge in [-0.1, -0.05) is 42.5 Å². The van der Waals surface area contributed by atoms with Crippen molar-refractivity contribution in [2.75, 3.05) is 0 Å². The summed E-state index contributed by atoms with van der Waals surface area (Å²) in [6.45, 7) is 0. The number of carboxylic acid groups (broad SMARTS) is 1. The molecular formula is C23H33O5-. The Bertz CT molecular complexity index is 600. The summed E-state index contributed by atoms with van der Waals surface area (Å²) in [6.07, 6.45) is 7.58. The first kappa shape index (κ1) is 22.6. The van der Waals surface area contributed by atoms with Crippen LogP contribution in [0.5, 0.6) is 0 Å². The average Bonchev–Trinajstić information content (AvgIpc) is 2.94. The second kappa shape index (κ2) is 12.0. The lowest BCUT2D eigenvalue weighted by atomic mass is 9.85. The molecule has 5 heteroatoms. The van der Waals surface area contributed by atoms with E-state index in [1.807, 2.05) is 30.4 Å². The summed E-state index contributed by atoms with van der Waals surface area (Å²) in [4.78, 5) is 10.4. The van der Waals surface area contributed by atoms with E-state index in [0.29, 0.717) is 44.9 Å². The van der Waals surface area contributed by atoms with E-state index >= 15 is 0 Å². The molecule has 2 rings (SSSR count). The normalized spacial score (nSPS) is 26.0. The van der Waals surface area contributed by atoms with E-state index in [9.17, 15) is 25.2 Å². The van der Waals surface area contributed by atoms with Gasteiger partial charge >= 0.3 is 0 Å². The first-order valence-electron chi connectivity index (χ1n) is 10.4. The summed E-state index contributed by atoms with van der Waals surface area (Å²) in [5, 5.41) is 41.3. The van der Waals surface area contributed by atoms with Crippen LogP contribution in [0.2, 0.25) is 0 Å². The Morgan fingerprint density at radius 2 is 1.82 bits per heavy atom. The quantitative estimate of drug-likeness (QED) is 0.375. The van der Waals surface area contributed by atoms with Crippen LogP contribution in [0.3, 0.4) is 0 Å². The van der Waals surface area contributed by atoms with Gasteiger partial charge in [0.2, 0.25) is 0 Å². The minimum atomic E-state index is -1.03. The number of aliphatic hydroxyl groups excluding tert-OH is 3. The minimum absolute atomic E-state index is 0.0192. The third-order valence-electron chi connectivity index (χ3n) is 5.79. The molecule has 1 unspecified atom stereocenters. The van der Waals surface area contributed by atoms with Gasteiger partial charge in [0, 0.05) is 5.97 Å². The summed E-state index contributed by atoms with van der Waals surface area (Å²) in [6, 6.07) is 10.1. The van der Waals surface area contributed by atoms with Crippen molar-refractivity contribution in [3.05, 3.63) is 48.0 Å². The SMILES string of the molecule is O=C([O-])CCC/C=C\C[C@@H]1C(CC[C@@H](O)CCc2ccccc2)[C@H](O)C[C@@H]1O. The molecule has 1 aliphatic rings. The molecular weight excluding hydrogens is 356 g/mol. The monoisotopic (exact) mass is 389 g/mol. The van der Waals surface area contributed by atoms with Crippen LogP contribution in [0.25, 0.3) is 0 Å². The van der Waals surface area contributed by atoms with Crippen molar-refractivity contribution < 1.29 is 25.2 Å². The number of aryl methyl sites for hydroxylation is 1. The Labute approximate surface area is 167 Å². The van der Waals surface area contributed by atoms with Crippen LogP contribution in [0.15, 0.2) is 42.5 Å². The molecule has 0 saturated heterocycles. The highest BCUT2D eigenvalue weighted by Crippen LogP contribution is 2.38. The zero-order chi connectivity index (χ0) is 20.4. The van der Waals surface area contributed by atoms with Crippen molar-refractivity contribution in [2.24, 2.45) is 11.8 Å². The number of aliphatic hydroxyl groups is 3. The molecule has 1 aromatic rings. The molecule has 5 atom stereocenters. The van der Waals surface area contributed by atoms with Gasteiger partial charge in [-0.25, -0.2) is 0 Å². The first-order chi connectivity index (χ1) is 13.5. The number of rotatable bonds is 12. The van der Waals surface area contributed by atoms with Gasteiger partial charge in [0.05, 0.1) is 18.3 Å². The largest absolute Gasteiger partial charge is 0.550 e. The lowest BCUT2D eigenvalue weighted by Gasteiger charge is -2.23. The van der Waals surface area contributed by atoms with Crippen molar-refractivity contribution >= 4 is 5.97 Å². The topological polar surface area (TPSA) is 101 Å². The summed E-state index contributed by atoms with van der Waals surface area (Å²) in [7, 11) is 0. The van der Waals surface area contributed by atoms with Crippen LogP contribution in [0, 0.1) is 11.8 Å². The number of aliphatic carboxylic acids is 1. The molecule has 156 valence electrons. The van der Waals surface area contributed by atoms with Crippen LogP contribution < -0.4 is 5.11 Å². The molecule has 0 aromatic heterocycles. The smallest absolute Gasteiger partial charge is 0.0599 e. The maximum absolute atomic E-state index is 10.4. The second-order valence-corrected chi connectivity index (χ2v) is 7.92. The summed E-state index contributed by atoms with van der Waals surface area (Å²) < 4.78 is 0. The van der Waals surface area contributed by atoms with E-state index in [1.165, 1.54) is 5.56 Å². The predicted octanol–water partition coefficient (Wildman–Crippen LogP) is 1.98. The van der Waals surface area contributed by atoms with Gasteiger partial charge in [0.25, 0.3) is 0 Å². The molecule has 0 heterocycles. The van der Waals surface area contributed by atoms with Crippen molar-refractivity contribution in [3.8, 4) is 0 Å². The van der Waals surface area contributed by atoms with Crippen LogP contribution in [0.1, 0.15) is 56.9 Å². The van der Waals surface area contributed by atoms with Gasteiger partial charge in [-0.2, -0.15) is 0 Å². The Morgan fingerprint density at radius 3 is 2.54 bits per heavy atom. The van der Waals surface area contributed by atoms with Gasteiger partial charge in [0.1, 0.15) is 0 Å². The highest BCUT2D eigenvalue weighted by Gasteiger charge is 2.40. The molecule has 3 N–H and O–H groups in total. The second-order valence-electron chi connectivity index (χ2n) is 7.92. The molecule has 0 radical (unpaired) electrons. The zero-order valence-electron chi connectivity index (χ0n) is 16.5. The number of carbonyl (C=O) groups excluding carboxylic acids is 1. The van der Waals surface area contributed by atoms with Crippen LogP contribution in [-0.2, 0) is 11.2 Å². The number of carbonyl (C=O) groups is 1. The first-order valence-corrected chi connectivity index (χ1v) is 10.4. The van der Waals surface area contributed by atoms with Crippen molar-refractivity contribution in [3.63, 3.8) is 0 Å². The molecule has 1 saturated carbocycles. The fourth-order valence-corrected chi connectivity index (χ4v) is 4.15. The molecule has 28 heavy (non-hydrogen) atoms. The van der Waals surface area contributed by atoms with Gasteiger partial charge < -0.3 is 25.2 Å². The van der Waals surface area contributed by atoms with Gasteiger partial charge in [-0.05, 0) is 75.2 Å². The summed E-state index contributed by atoms with van der Waals surface area (Å²) in [5.74, 6) is -1.07. The number of benzene rings is 1. The van der Waals surface area contributed by atoms with Crippen LogP contribution >= 0.6 is 0 Å². The highest BCUT2D eigenvalue weighted by molar-refractivity contribution is 5.64. The fourth-order valence-electron chi connectivity index (χ4n) is 4.15. The molecule has 1 fully saturated rings. The van der Waals surface area contributed by atoms with Crippen LogP contribution in [0.4, 0.5) is 0 Å². The summed E-state index contributed by atoms with van der Waals surface area (Å²) >= 11 is 0. The van der Waals surface area contributed by atoms with Gasteiger partial charge in [-0.3, -0.25) is 0 Å². The zero-order valence-corrected chi connectivity index (χ0v) is 16.5. The Morgan fingerprint density at radius 1 is 1.11 bits per heavy atom. The maximum atomic E-state index is 10.4. The standard InChI is InChI=1S/C23H34O5/c24-18(13-12-17-8-4-3-5-9-17)14-15-20-19(21(25)16-22(20)26)10-6-1-2-7-11-23(27)28/h1,3-6,8-9,18-22,24-26H,2,7,10-16H2,(H,27,28)/p-1/b6-1-/t18-,19+,20?,21-,22+/m0/s1. The van der Waals surface area contributed by atoms with E-state index in [4.69, 9.17) is 0 Å². The lowest BCUT2D eigenvalue weighted by Crippen LogP contribution is -2.23. The molecule has 1 aromatic carbocycles. The maximum Gasteiger partial charge on any atom is 0.0599 e. The number of unbranched alkanes of at least 4 members (excludes halogenated alkanes) is 1. The average molecular weight is 390 g/mol. The number of allylic oxidation sites excluding steroid dienone is 2. The molecule has 5 nitrogen and oxygen atoms in total. The Hall–Kier alpha value is -1.69. The van der Waals surface area contributed by atoms with Crippen LogP contribution in [-0.4, -0.2) is 39.6 Å². The highest BCUT2D eigenvalue weighted by atomic mass is 16.4. The number of carboxylic acids is 1. The van der Waals surface area contributed by atoms with E-state index in [2.05, 4.69) is 12.1 Å². The third kappa shape index (κ3) is 7.74. The Balaban J connectivity index is 1.74. The third-order valence-corrected chi connectivity index (χ3v) is 5.79. The molecule has 0 bridgehead atoms. The fraction of sp³-hybridized carbons (Fsp3) is 0.609. The number of hydrogen-bond acceptors (Lipinski definition) is 5. The molecule has 0 spiro atoms. The molecule has 0 amide bonds.